The van der Waals surface area contributed by atoms with Crippen LogP contribution in [0.3, 0.4) is 0 Å². The van der Waals surface area contributed by atoms with E-state index in [0.717, 1.165) is 16.1 Å². The lowest BCUT2D eigenvalue weighted by Crippen LogP contribution is -2.24. The van der Waals surface area contributed by atoms with Crippen LogP contribution in [0.25, 0.3) is 21.8 Å². The van der Waals surface area contributed by atoms with Gasteiger partial charge in [-0.1, -0.05) is 17.3 Å². The van der Waals surface area contributed by atoms with Crippen LogP contribution in [0.5, 0.6) is 0 Å². The zero-order chi connectivity index (χ0) is 17.1. The second-order valence-electron chi connectivity index (χ2n) is 5.30. The molecule has 0 atom stereocenters. The number of hydrogen-bond donors (Lipinski definition) is 1. The van der Waals surface area contributed by atoms with Gasteiger partial charge in [0.05, 0.1) is 18.7 Å². The summed E-state index contributed by atoms with van der Waals surface area (Å²) in [6.45, 7) is 0.345. The predicted octanol–water partition coefficient (Wildman–Crippen LogP) is 2.60. The first-order valence-electron chi connectivity index (χ1n) is 7.61. The molecule has 0 saturated carbocycles. The van der Waals surface area contributed by atoms with Gasteiger partial charge in [-0.3, -0.25) is 4.79 Å². The third-order valence-corrected chi connectivity index (χ3v) is 4.44. The van der Waals surface area contributed by atoms with Gasteiger partial charge in [0.1, 0.15) is 5.69 Å². The maximum absolute atomic E-state index is 12.2. The summed E-state index contributed by atoms with van der Waals surface area (Å²) in [6, 6.07) is 9.23. The summed E-state index contributed by atoms with van der Waals surface area (Å²) in [6.07, 6.45) is 3.51. The number of thiazole rings is 1. The van der Waals surface area contributed by atoms with Crippen molar-refractivity contribution in [1.29, 1.82) is 0 Å². The van der Waals surface area contributed by atoms with Crippen molar-refractivity contribution in [2.24, 2.45) is 0 Å². The molecule has 3 heterocycles. The Hall–Kier alpha value is -3.13. The second kappa shape index (κ2) is 6.78. The lowest BCUT2D eigenvalue weighted by Gasteiger charge is -2.01. The monoisotopic (exact) mass is 351 g/mol. The molecule has 1 aromatic carbocycles. The summed E-state index contributed by atoms with van der Waals surface area (Å²) in [4.78, 5) is 24.9. The van der Waals surface area contributed by atoms with Gasteiger partial charge >= 0.3 is 0 Å². The predicted molar refractivity (Wildman–Crippen MR) is 92.7 cm³/mol. The van der Waals surface area contributed by atoms with Crippen LogP contribution in [0, 0.1) is 0 Å². The molecule has 0 spiro atoms. The van der Waals surface area contributed by atoms with Crippen LogP contribution < -0.4 is 5.32 Å². The van der Waals surface area contributed by atoms with Gasteiger partial charge in [0.2, 0.25) is 5.91 Å². The Bertz CT molecular complexity index is 1010. The number of para-hydroxylation sites is 1. The quantitative estimate of drug-likeness (QED) is 0.594. The molecule has 7 nitrogen and oxygen atoms in total. The standard InChI is InChI=1S/C17H13N5O2S/c23-15(8-13-12-4-1-2-5-14(12)24-22-13)20-9-11-10-25-17(21-11)16-18-6-3-7-19-16/h1-7,10H,8-9H2,(H,20,23). The van der Waals surface area contributed by atoms with Crippen molar-refractivity contribution < 1.29 is 9.32 Å². The van der Waals surface area contributed by atoms with Crippen LogP contribution in [0.15, 0.2) is 52.6 Å². The number of carbonyl (C=O) groups is 1. The van der Waals surface area contributed by atoms with Crippen LogP contribution in [0.2, 0.25) is 0 Å². The highest BCUT2D eigenvalue weighted by molar-refractivity contribution is 7.13. The Morgan fingerprint density at radius 2 is 2.00 bits per heavy atom. The molecule has 124 valence electrons. The fourth-order valence-corrected chi connectivity index (χ4v) is 3.13. The Morgan fingerprint density at radius 1 is 1.16 bits per heavy atom. The van der Waals surface area contributed by atoms with Crippen molar-refractivity contribution in [2.75, 3.05) is 0 Å². The van der Waals surface area contributed by atoms with E-state index in [2.05, 4.69) is 25.4 Å². The van der Waals surface area contributed by atoms with E-state index in [1.165, 1.54) is 11.3 Å². The number of carbonyl (C=O) groups excluding carboxylic acids is 1. The molecule has 1 amide bonds. The summed E-state index contributed by atoms with van der Waals surface area (Å²) in [7, 11) is 0. The highest BCUT2D eigenvalue weighted by atomic mass is 32.1. The van der Waals surface area contributed by atoms with Crippen molar-refractivity contribution >= 4 is 28.2 Å². The van der Waals surface area contributed by atoms with Gasteiger partial charge in [0.15, 0.2) is 16.4 Å². The van der Waals surface area contributed by atoms with Gasteiger partial charge < -0.3 is 9.84 Å². The van der Waals surface area contributed by atoms with E-state index >= 15 is 0 Å². The van der Waals surface area contributed by atoms with E-state index in [9.17, 15) is 4.79 Å². The smallest absolute Gasteiger partial charge is 0.226 e. The zero-order valence-corrected chi connectivity index (χ0v) is 13.9. The minimum atomic E-state index is -0.135. The van der Waals surface area contributed by atoms with Crippen molar-refractivity contribution in [2.45, 2.75) is 13.0 Å². The van der Waals surface area contributed by atoms with Crippen LogP contribution in [-0.4, -0.2) is 26.0 Å². The molecule has 4 aromatic rings. The van der Waals surface area contributed by atoms with Crippen LogP contribution in [0.1, 0.15) is 11.4 Å². The van der Waals surface area contributed by atoms with Crippen LogP contribution in [-0.2, 0) is 17.8 Å². The highest BCUT2D eigenvalue weighted by Gasteiger charge is 2.13. The third-order valence-electron chi connectivity index (χ3n) is 3.56. The molecule has 8 heteroatoms. The number of nitrogens with zero attached hydrogens (tertiary/aromatic N) is 4. The number of nitrogens with one attached hydrogen (secondary N) is 1. The minimum Gasteiger partial charge on any atom is -0.356 e. The van der Waals surface area contributed by atoms with Gasteiger partial charge in [0, 0.05) is 23.2 Å². The first-order valence-corrected chi connectivity index (χ1v) is 8.49. The number of rotatable bonds is 5. The van der Waals surface area contributed by atoms with Crippen molar-refractivity contribution in [1.82, 2.24) is 25.4 Å². The molecular weight excluding hydrogens is 338 g/mol. The molecule has 0 aliphatic rings. The molecule has 0 aliphatic carbocycles. The molecule has 0 radical (unpaired) electrons. The fourth-order valence-electron chi connectivity index (χ4n) is 2.37. The van der Waals surface area contributed by atoms with Crippen molar-refractivity contribution in [3.63, 3.8) is 0 Å². The fraction of sp³-hybridized carbons (Fsp3) is 0.118. The van der Waals surface area contributed by atoms with E-state index in [1.54, 1.807) is 18.5 Å². The van der Waals surface area contributed by atoms with Gasteiger partial charge in [-0.15, -0.1) is 11.3 Å². The maximum atomic E-state index is 12.2. The SMILES string of the molecule is O=C(Cc1noc2ccccc12)NCc1csc(-c2ncccn2)n1. The summed E-state index contributed by atoms with van der Waals surface area (Å²) in [5.74, 6) is 0.448. The topological polar surface area (TPSA) is 93.8 Å². The van der Waals surface area contributed by atoms with Gasteiger partial charge in [-0.05, 0) is 18.2 Å². The Morgan fingerprint density at radius 3 is 2.88 bits per heavy atom. The first-order chi connectivity index (χ1) is 12.3. The molecule has 0 aliphatic heterocycles. The molecule has 0 bridgehead atoms. The van der Waals surface area contributed by atoms with Gasteiger partial charge in [0.25, 0.3) is 0 Å². The van der Waals surface area contributed by atoms with Crippen LogP contribution >= 0.6 is 11.3 Å². The number of fused-ring (bicyclic) bond motifs is 1. The summed E-state index contributed by atoms with van der Waals surface area (Å²) in [5.41, 5.74) is 2.08. The minimum absolute atomic E-state index is 0.135. The number of aromatic nitrogens is 4. The van der Waals surface area contributed by atoms with E-state index in [4.69, 9.17) is 4.52 Å². The number of hydrogen-bond acceptors (Lipinski definition) is 7. The lowest BCUT2D eigenvalue weighted by molar-refractivity contribution is -0.120. The Balaban J connectivity index is 1.38. The van der Waals surface area contributed by atoms with E-state index in [0.29, 0.717) is 23.6 Å². The van der Waals surface area contributed by atoms with Crippen LogP contribution in [0.4, 0.5) is 0 Å². The van der Waals surface area contributed by atoms with Gasteiger partial charge in [-0.2, -0.15) is 0 Å². The summed E-state index contributed by atoms with van der Waals surface area (Å²) >= 11 is 1.45. The average molecular weight is 351 g/mol. The number of amides is 1. The molecule has 0 saturated heterocycles. The molecule has 0 unspecified atom stereocenters. The van der Waals surface area contributed by atoms with E-state index in [-0.39, 0.29) is 12.3 Å². The highest BCUT2D eigenvalue weighted by Crippen LogP contribution is 2.20. The molecular formula is C17H13N5O2S. The van der Waals surface area contributed by atoms with Crippen molar-refractivity contribution in [3.8, 4) is 10.8 Å². The average Bonchev–Trinajstić information content (AvgIpc) is 3.28. The maximum Gasteiger partial charge on any atom is 0.226 e. The zero-order valence-electron chi connectivity index (χ0n) is 13.0. The first kappa shape index (κ1) is 15.4. The van der Waals surface area contributed by atoms with E-state index in [1.807, 2.05) is 29.6 Å². The van der Waals surface area contributed by atoms with Crippen molar-refractivity contribution in [3.05, 3.63) is 59.5 Å². The molecule has 4 rings (SSSR count). The molecule has 25 heavy (non-hydrogen) atoms. The summed E-state index contributed by atoms with van der Waals surface area (Å²) < 4.78 is 5.21. The lowest BCUT2D eigenvalue weighted by atomic mass is 10.1. The molecule has 1 N–H and O–H groups in total. The largest absolute Gasteiger partial charge is 0.356 e. The molecule has 0 fully saturated rings. The Kier molecular flexibility index (Phi) is 4.17. The second-order valence-corrected chi connectivity index (χ2v) is 6.15. The molecule has 3 aromatic heterocycles. The summed E-state index contributed by atoms with van der Waals surface area (Å²) in [5, 5.41) is 10.3. The van der Waals surface area contributed by atoms with E-state index < -0.39 is 0 Å². The Labute approximate surface area is 146 Å². The van der Waals surface area contributed by atoms with Gasteiger partial charge in [-0.25, -0.2) is 15.0 Å². The third kappa shape index (κ3) is 3.38. The number of benzene rings is 1. The normalized spacial score (nSPS) is 10.9.